The number of fused-ring (bicyclic) bond motifs is 3. The normalized spacial score (nSPS) is 15.5. The quantitative estimate of drug-likeness (QED) is 0.231. The van der Waals surface area contributed by atoms with E-state index in [2.05, 4.69) is 103 Å². The fourth-order valence-electron chi connectivity index (χ4n) is 6.11. The predicted molar refractivity (Wildman–Crippen MR) is 160 cm³/mol. The Morgan fingerprint density at radius 3 is 2.03 bits per heavy atom. The third-order valence-electron chi connectivity index (χ3n) is 7.70. The molecule has 0 saturated carbocycles. The molecule has 0 N–H and O–H groups in total. The van der Waals surface area contributed by atoms with E-state index in [-0.39, 0.29) is 0 Å². The Morgan fingerprint density at radius 2 is 1.21 bits per heavy atom. The fraction of sp³-hybridized carbons (Fsp3) is 0.0556. The first-order valence-corrected chi connectivity index (χ1v) is 13.5. The first-order chi connectivity index (χ1) is 19.2. The minimum Gasteiger partial charge on any atom is -0.233 e. The summed E-state index contributed by atoms with van der Waals surface area (Å²) in [4.78, 5) is 9.87. The SMILES string of the molecule is Cc1cc(-c2ccccc2)nc(-c2cccc(C3(c4ccccc4)c4ccccc4-c4c(Cl)cccc43)c2)n1. The first kappa shape index (κ1) is 23.6. The number of hydrogen-bond donors (Lipinski definition) is 0. The Labute approximate surface area is 233 Å². The minimum atomic E-state index is -0.528. The van der Waals surface area contributed by atoms with Gasteiger partial charge in [-0.15, -0.1) is 0 Å². The molecule has 0 spiro atoms. The maximum Gasteiger partial charge on any atom is 0.160 e. The van der Waals surface area contributed by atoms with Crippen molar-refractivity contribution in [3.8, 4) is 33.8 Å². The van der Waals surface area contributed by atoms with E-state index in [1.807, 2.05) is 37.3 Å². The van der Waals surface area contributed by atoms with Gasteiger partial charge < -0.3 is 0 Å². The highest BCUT2D eigenvalue weighted by molar-refractivity contribution is 6.34. The van der Waals surface area contributed by atoms with Gasteiger partial charge in [0.25, 0.3) is 0 Å². The molecule has 5 aromatic carbocycles. The molecule has 0 radical (unpaired) electrons. The number of aromatic nitrogens is 2. The maximum atomic E-state index is 6.90. The fourth-order valence-corrected chi connectivity index (χ4v) is 6.38. The third kappa shape index (κ3) is 3.71. The highest BCUT2D eigenvalue weighted by Crippen LogP contribution is 2.57. The lowest BCUT2D eigenvalue weighted by Crippen LogP contribution is -2.28. The lowest BCUT2D eigenvalue weighted by molar-refractivity contribution is 0.768. The van der Waals surface area contributed by atoms with Crippen LogP contribution in [0.25, 0.3) is 33.8 Å². The van der Waals surface area contributed by atoms with Crippen LogP contribution in [-0.4, -0.2) is 9.97 Å². The average molecular weight is 521 g/mol. The molecule has 1 unspecified atom stereocenters. The molecule has 1 aliphatic carbocycles. The molecular weight excluding hydrogens is 496 g/mol. The van der Waals surface area contributed by atoms with Gasteiger partial charge in [-0.05, 0) is 52.9 Å². The minimum absolute atomic E-state index is 0.528. The lowest BCUT2D eigenvalue weighted by atomic mass is 9.67. The van der Waals surface area contributed by atoms with Crippen molar-refractivity contribution in [1.29, 1.82) is 0 Å². The lowest BCUT2D eigenvalue weighted by Gasteiger charge is -2.34. The van der Waals surface area contributed by atoms with Gasteiger partial charge in [-0.3, -0.25) is 0 Å². The molecule has 0 aliphatic heterocycles. The van der Waals surface area contributed by atoms with Crippen molar-refractivity contribution >= 4 is 11.6 Å². The van der Waals surface area contributed by atoms with Crippen molar-refractivity contribution in [2.24, 2.45) is 0 Å². The highest BCUT2D eigenvalue weighted by Gasteiger charge is 2.46. The molecule has 1 aliphatic rings. The summed E-state index contributed by atoms with van der Waals surface area (Å²) >= 11 is 6.90. The molecule has 0 saturated heterocycles. The molecule has 186 valence electrons. The van der Waals surface area contributed by atoms with Crippen LogP contribution < -0.4 is 0 Å². The Kier molecular flexibility index (Phi) is 5.65. The molecule has 2 nitrogen and oxygen atoms in total. The molecule has 3 heteroatoms. The monoisotopic (exact) mass is 520 g/mol. The van der Waals surface area contributed by atoms with Crippen molar-refractivity contribution in [2.75, 3.05) is 0 Å². The second-order valence-electron chi connectivity index (χ2n) is 9.99. The molecule has 0 amide bonds. The van der Waals surface area contributed by atoms with Crippen molar-refractivity contribution in [2.45, 2.75) is 12.3 Å². The standard InChI is InChI=1S/C36H25ClN2/c1-24-22-33(25-12-4-2-5-13-25)39-35(38-24)26-14-10-17-28(23-26)36(27-15-6-3-7-16-27)30-19-9-8-18-29(30)34-31(36)20-11-21-32(34)37/h2-23H,1H3. The average Bonchev–Trinajstić information content (AvgIpc) is 3.30. The Bertz CT molecular complexity index is 1830. The van der Waals surface area contributed by atoms with Crippen molar-refractivity contribution in [1.82, 2.24) is 9.97 Å². The summed E-state index contributed by atoms with van der Waals surface area (Å²) in [5.74, 6) is 0.719. The summed E-state index contributed by atoms with van der Waals surface area (Å²) in [5.41, 5.74) is 10.4. The van der Waals surface area contributed by atoms with Crippen LogP contribution >= 0.6 is 11.6 Å². The van der Waals surface area contributed by atoms with Gasteiger partial charge in [0.2, 0.25) is 0 Å². The molecule has 1 aromatic heterocycles. The van der Waals surface area contributed by atoms with Crippen molar-refractivity contribution < 1.29 is 0 Å². The second kappa shape index (κ2) is 9.34. The van der Waals surface area contributed by atoms with Crippen LogP contribution in [0, 0.1) is 6.92 Å². The van der Waals surface area contributed by atoms with Gasteiger partial charge in [-0.1, -0.05) is 127 Å². The van der Waals surface area contributed by atoms with Crippen LogP contribution in [0.3, 0.4) is 0 Å². The van der Waals surface area contributed by atoms with Crippen LogP contribution in [0.2, 0.25) is 5.02 Å². The zero-order valence-corrected chi connectivity index (χ0v) is 22.2. The van der Waals surface area contributed by atoms with E-state index in [1.54, 1.807) is 0 Å². The maximum absolute atomic E-state index is 6.90. The highest BCUT2D eigenvalue weighted by atomic mass is 35.5. The van der Waals surface area contributed by atoms with Crippen LogP contribution in [0.15, 0.2) is 133 Å². The third-order valence-corrected chi connectivity index (χ3v) is 8.02. The number of rotatable bonds is 4. The Hall–Kier alpha value is -4.53. The molecular formula is C36H25ClN2. The first-order valence-electron chi connectivity index (χ1n) is 13.1. The van der Waals surface area contributed by atoms with Crippen molar-refractivity contribution in [3.63, 3.8) is 0 Å². The van der Waals surface area contributed by atoms with E-state index in [4.69, 9.17) is 21.6 Å². The van der Waals surface area contributed by atoms with E-state index < -0.39 is 5.41 Å². The number of halogens is 1. The largest absolute Gasteiger partial charge is 0.233 e. The molecule has 6 aromatic rings. The summed E-state index contributed by atoms with van der Waals surface area (Å²) in [7, 11) is 0. The summed E-state index contributed by atoms with van der Waals surface area (Å²) in [6, 6.07) is 46.6. The van der Waals surface area contributed by atoms with Crippen LogP contribution in [0.1, 0.15) is 27.9 Å². The molecule has 0 bridgehead atoms. The van der Waals surface area contributed by atoms with Gasteiger partial charge in [0, 0.05) is 27.4 Å². The topological polar surface area (TPSA) is 25.8 Å². The van der Waals surface area contributed by atoms with E-state index in [1.165, 1.54) is 22.3 Å². The van der Waals surface area contributed by atoms with E-state index in [0.717, 1.165) is 44.5 Å². The van der Waals surface area contributed by atoms with E-state index in [0.29, 0.717) is 0 Å². The van der Waals surface area contributed by atoms with Gasteiger partial charge >= 0.3 is 0 Å². The summed E-state index contributed by atoms with van der Waals surface area (Å²) in [6.45, 7) is 2.03. The number of aryl methyl sites for hydroxylation is 1. The van der Waals surface area contributed by atoms with Gasteiger partial charge in [0.05, 0.1) is 11.1 Å². The zero-order valence-electron chi connectivity index (χ0n) is 21.5. The van der Waals surface area contributed by atoms with Gasteiger partial charge in [-0.25, -0.2) is 9.97 Å². The van der Waals surface area contributed by atoms with Crippen LogP contribution in [-0.2, 0) is 5.41 Å². The van der Waals surface area contributed by atoms with Gasteiger partial charge in [-0.2, -0.15) is 0 Å². The number of hydrogen-bond acceptors (Lipinski definition) is 2. The van der Waals surface area contributed by atoms with E-state index in [9.17, 15) is 0 Å². The zero-order chi connectivity index (χ0) is 26.4. The molecule has 7 rings (SSSR count). The summed E-state index contributed by atoms with van der Waals surface area (Å²) in [6.07, 6.45) is 0. The van der Waals surface area contributed by atoms with Crippen molar-refractivity contribution in [3.05, 3.63) is 166 Å². The van der Waals surface area contributed by atoms with Gasteiger partial charge in [0.1, 0.15) is 0 Å². The second-order valence-corrected chi connectivity index (χ2v) is 10.4. The molecule has 1 heterocycles. The number of nitrogens with zero attached hydrogens (tertiary/aromatic N) is 2. The molecule has 0 fully saturated rings. The van der Waals surface area contributed by atoms with Crippen LogP contribution in [0.4, 0.5) is 0 Å². The van der Waals surface area contributed by atoms with Crippen LogP contribution in [0.5, 0.6) is 0 Å². The molecule has 39 heavy (non-hydrogen) atoms. The summed E-state index contributed by atoms with van der Waals surface area (Å²) in [5, 5.41) is 0.767. The van der Waals surface area contributed by atoms with E-state index >= 15 is 0 Å². The predicted octanol–water partition coefficient (Wildman–Crippen LogP) is 9.14. The Balaban J connectivity index is 1.50. The summed E-state index contributed by atoms with van der Waals surface area (Å²) < 4.78 is 0. The molecule has 1 atom stereocenters. The van der Waals surface area contributed by atoms with Gasteiger partial charge in [0.15, 0.2) is 5.82 Å². The number of benzene rings is 5. The Morgan fingerprint density at radius 1 is 0.564 bits per heavy atom. The smallest absolute Gasteiger partial charge is 0.160 e.